The van der Waals surface area contributed by atoms with E-state index in [2.05, 4.69) is 13.0 Å². The first-order chi connectivity index (χ1) is 14.1. The van der Waals surface area contributed by atoms with Gasteiger partial charge in [0.25, 0.3) is 0 Å². The van der Waals surface area contributed by atoms with Crippen LogP contribution in [0.4, 0.5) is 4.39 Å². The number of halogens is 1. The molecule has 3 aliphatic rings. The fourth-order valence-corrected chi connectivity index (χ4v) is 7.18. The van der Waals surface area contributed by atoms with Crippen LogP contribution in [0.2, 0.25) is 0 Å². The van der Waals surface area contributed by atoms with Crippen LogP contribution in [0.5, 0.6) is 0 Å². The third-order valence-corrected chi connectivity index (χ3v) is 9.08. The fourth-order valence-electron chi connectivity index (χ4n) is 7.18. The molecule has 4 rings (SSSR count). The number of unbranched alkanes of at least 4 members (excludes halogenated alkanes) is 2. The summed E-state index contributed by atoms with van der Waals surface area (Å²) in [6, 6.07) is 5.95. The van der Waals surface area contributed by atoms with E-state index in [-0.39, 0.29) is 5.82 Å². The molecular weight excluding hydrogens is 355 g/mol. The number of rotatable bonds is 6. The minimum Gasteiger partial charge on any atom is -0.207 e. The third-order valence-electron chi connectivity index (χ3n) is 9.08. The Labute approximate surface area is 179 Å². The predicted molar refractivity (Wildman–Crippen MR) is 122 cm³/mol. The zero-order valence-electron chi connectivity index (χ0n) is 19.0. The first kappa shape index (κ1) is 21.4. The van der Waals surface area contributed by atoms with Crippen molar-refractivity contribution in [2.45, 2.75) is 110 Å². The topological polar surface area (TPSA) is 0 Å². The molecule has 29 heavy (non-hydrogen) atoms. The van der Waals surface area contributed by atoms with Crippen LogP contribution >= 0.6 is 0 Å². The molecule has 0 radical (unpaired) electrons. The first-order valence-corrected chi connectivity index (χ1v) is 12.9. The maximum atomic E-state index is 14.0. The summed E-state index contributed by atoms with van der Waals surface area (Å²) in [6.07, 6.45) is 20.2. The number of hydrogen-bond acceptors (Lipinski definition) is 0. The monoisotopic (exact) mass is 398 g/mol. The van der Waals surface area contributed by atoms with E-state index in [9.17, 15) is 4.39 Å². The van der Waals surface area contributed by atoms with Crippen LogP contribution < -0.4 is 0 Å². The lowest BCUT2D eigenvalue weighted by atomic mass is 9.60. The lowest BCUT2D eigenvalue weighted by molar-refractivity contribution is 0.0614. The largest absolute Gasteiger partial charge is 0.207 e. The molecule has 0 N–H and O–H groups in total. The molecule has 4 atom stereocenters. The van der Waals surface area contributed by atoms with Crippen LogP contribution in [0.3, 0.4) is 0 Å². The van der Waals surface area contributed by atoms with E-state index in [1.807, 2.05) is 19.1 Å². The summed E-state index contributed by atoms with van der Waals surface area (Å²) < 4.78 is 14.0. The second-order valence-corrected chi connectivity index (χ2v) is 10.9. The minimum atomic E-state index is -0.0201. The van der Waals surface area contributed by atoms with Crippen LogP contribution in [0.15, 0.2) is 18.2 Å². The Morgan fingerprint density at radius 3 is 2.17 bits per heavy atom. The quantitative estimate of drug-likeness (QED) is 0.420. The molecular formula is C28H43F. The molecule has 0 amide bonds. The Morgan fingerprint density at radius 2 is 1.45 bits per heavy atom. The predicted octanol–water partition coefficient (Wildman–Crippen LogP) is 8.82. The SMILES string of the molecule is CCCCCC1CCC2CC(C3CCC(c4ccc(C)c(F)c4)CC3)CCC2C1. The highest BCUT2D eigenvalue weighted by atomic mass is 19.1. The van der Waals surface area contributed by atoms with Crippen molar-refractivity contribution in [3.8, 4) is 0 Å². The van der Waals surface area contributed by atoms with Gasteiger partial charge in [-0.05, 0) is 117 Å². The average molecular weight is 399 g/mol. The van der Waals surface area contributed by atoms with Crippen molar-refractivity contribution in [1.82, 2.24) is 0 Å². The molecule has 0 saturated heterocycles. The van der Waals surface area contributed by atoms with Crippen molar-refractivity contribution in [2.75, 3.05) is 0 Å². The maximum Gasteiger partial charge on any atom is 0.126 e. The van der Waals surface area contributed by atoms with Gasteiger partial charge in [0.2, 0.25) is 0 Å². The summed E-state index contributed by atoms with van der Waals surface area (Å²) in [7, 11) is 0. The van der Waals surface area contributed by atoms with E-state index in [1.165, 1.54) is 89.0 Å². The molecule has 0 nitrogen and oxygen atoms in total. The van der Waals surface area contributed by atoms with Gasteiger partial charge < -0.3 is 0 Å². The zero-order chi connectivity index (χ0) is 20.2. The van der Waals surface area contributed by atoms with E-state index in [0.29, 0.717) is 5.92 Å². The van der Waals surface area contributed by atoms with Crippen molar-refractivity contribution in [2.24, 2.45) is 29.6 Å². The molecule has 0 bridgehead atoms. The summed E-state index contributed by atoms with van der Waals surface area (Å²) in [5, 5.41) is 0. The van der Waals surface area contributed by atoms with Crippen LogP contribution in [0.1, 0.15) is 114 Å². The lowest BCUT2D eigenvalue weighted by Gasteiger charge is -2.45. The Morgan fingerprint density at radius 1 is 0.793 bits per heavy atom. The Hall–Kier alpha value is -0.850. The highest BCUT2D eigenvalue weighted by Gasteiger charge is 2.38. The number of fused-ring (bicyclic) bond motifs is 1. The van der Waals surface area contributed by atoms with E-state index < -0.39 is 0 Å². The maximum absolute atomic E-state index is 14.0. The molecule has 0 heterocycles. The minimum absolute atomic E-state index is 0.0201. The summed E-state index contributed by atoms with van der Waals surface area (Å²) in [5.41, 5.74) is 2.02. The third kappa shape index (κ3) is 5.26. The number of benzene rings is 1. The average Bonchev–Trinajstić information content (AvgIpc) is 2.75. The summed E-state index contributed by atoms with van der Waals surface area (Å²) in [6.45, 7) is 4.19. The Balaban J connectivity index is 1.24. The molecule has 3 saturated carbocycles. The van der Waals surface area contributed by atoms with Gasteiger partial charge in [-0.3, -0.25) is 0 Å². The second kappa shape index (κ2) is 9.97. The van der Waals surface area contributed by atoms with Gasteiger partial charge >= 0.3 is 0 Å². The molecule has 0 aromatic heterocycles. The molecule has 0 aliphatic heterocycles. The summed E-state index contributed by atoms with van der Waals surface area (Å²) in [5.74, 6) is 5.65. The van der Waals surface area contributed by atoms with Gasteiger partial charge in [0.1, 0.15) is 5.82 Å². The van der Waals surface area contributed by atoms with Crippen molar-refractivity contribution in [3.05, 3.63) is 35.1 Å². The van der Waals surface area contributed by atoms with Crippen molar-refractivity contribution >= 4 is 0 Å². The molecule has 1 heteroatoms. The van der Waals surface area contributed by atoms with Crippen LogP contribution in [-0.2, 0) is 0 Å². The Kier molecular flexibility index (Phi) is 7.35. The first-order valence-electron chi connectivity index (χ1n) is 12.9. The highest BCUT2D eigenvalue weighted by Crippen LogP contribution is 2.50. The van der Waals surface area contributed by atoms with Crippen molar-refractivity contribution in [1.29, 1.82) is 0 Å². The summed E-state index contributed by atoms with van der Waals surface area (Å²) >= 11 is 0. The van der Waals surface area contributed by atoms with Gasteiger partial charge in [-0.1, -0.05) is 51.2 Å². The fraction of sp³-hybridized carbons (Fsp3) is 0.786. The standard InChI is InChI=1S/C28H43F/c1-3-4-5-6-21-8-10-26-18-25(16-15-24(26)17-21)22-11-13-23(14-12-22)27-9-7-20(2)28(29)19-27/h7,9,19,21-26H,3-6,8,10-18H2,1-2H3. The number of hydrogen-bond donors (Lipinski definition) is 0. The van der Waals surface area contributed by atoms with Crippen molar-refractivity contribution < 1.29 is 4.39 Å². The van der Waals surface area contributed by atoms with Gasteiger partial charge in [0.15, 0.2) is 0 Å². The van der Waals surface area contributed by atoms with Gasteiger partial charge in [0, 0.05) is 0 Å². The molecule has 1 aromatic carbocycles. The highest BCUT2D eigenvalue weighted by molar-refractivity contribution is 5.26. The lowest BCUT2D eigenvalue weighted by Crippen LogP contribution is -2.34. The van der Waals surface area contributed by atoms with E-state index >= 15 is 0 Å². The Bertz CT molecular complexity index is 642. The summed E-state index contributed by atoms with van der Waals surface area (Å²) in [4.78, 5) is 0. The van der Waals surface area contributed by atoms with E-state index in [0.717, 1.165) is 35.2 Å². The van der Waals surface area contributed by atoms with Crippen LogP contribution in [0.25, 0.3) is 0 Å². The molecule has 3 aliphatic carbocycles. The number of aryl methyl sites for hydroxylation is 1. The van der Waals surface area contributed by atoms with Crippen LogP contribution in [0, 0.1) is 42.3 Å². The zero-order valence-corrected chi connectivity index (χ0v) is 19.0. The van der Waals surface area contributed by atoms with Crippen molar-refractivity contribution in [3.63, 3.8) is 0 Å². The molecule has 3 fully saturated rings. The van der Waals surface area contributed by atoms with E-state index in [4.69, 9.17) is 0 Å². The molecule has 0 spiro atoms. The van der Waals surface area contributed by atoms with E-state index in [1.54, 1.807) is 6.42 Å². The molecule has 1 aromatic rings. The van der Waals surface area contributed by atoms with Gasteiger partial charge in [-0.2, -0.15) is 0 Å². The normalized spacial score (nSPS) is 35.3. The second-order valence-electron chi connectivity index (χ2n) is 10.9. The molecule has 4 unspecified atom stereocenters. The van der Waals surface area contributed by atoms with Crippen LogP contribution in [-0.4, -0.2) is 0 Å². The smallest absolute Gasteiger partial charge is 0.126 e. The van der Waals surface area contributed by atoms with Gasteiger partial charge in [-0.15, -0.1) is 0 Å². The van der Waals surface area contributed by atoms with Gasteiger partial charge in [-0.25, -0.2) is 4.39 Å². The molecule has 162 valence electrons. The van der Waals surface area contributed by atoms with Gasteiger partial charge in [0.05, 0.1) is 0 Å².